The average molecular weight is 430 g/mol. The molecular weight excluding hydrogens is 398 g/mol. The van der Waals surface area contributed by atoms with Crippen molar-refractivity contribution in [1.29, 1.82) is 0 Å². The number of methoxy groups -OCH3 is 1. The van der Waals surface area contributed by atoms with Gasteiger partial charge in [-0.1, -0.05) is 12.1 Å². The maximum absolute atomic E-state index is 13.0. The SMILES string of the molecule is COc1ccc(CNC(=O)[C@H]2C[C@@H]3CN(C(=O)C4CCOCC4)CC(=O)N[C@@H]3C2)cc1. The molecule has 3 aliphatic rings. The predicted octanol–water partition coefficient (Wildman–Crippen LogP) is 1.09. The molecule has 3 atom stereocenters. The van der Waals surface area contributed by atoms with Gasteiger partial charge in [-0.15, -0.1) is 0 Å². The van der Waals surface area contributed by atoms with E-state index >= 15 is 0 Å². The molecule has 31 heavy (non-hydrogen) atoms. The van der Waals surface area contributed by atoms with E-state index < -0.39 is 0 Å². The minimum Gasteiger partial charge on any atom is -0.497 e. The third-order valence-corrected chi connectivity index (χ3v) is 6.71. The number of rotatable bonds is 5. The van der Waals surface area contributed by atoms with Crippen molar-refractivity contribution in [2.75, 3.05) is 33.4 Å². The van der Waals surface area contributed by atoms with Gasteiger partial charge in [-0.05, 0) is 49.3 Å². The van der Waals surface area contributed by atoms with Gasteiger partial charge in [0.15, 0.2) is 0 Å². The summed E-state index contributed by atoms with van der Waals surface area (Å²) in [4.78, 5) is 39.9. The number of carbonyl (C=O) groups is 3. The van der Waals surface area contributed by atoms with Gasteiger partial charge < -0.3 is 25.0 Å². The fraction of sp³-hybridized carbons (Fsp3) is 0.609. The Labute approximate surface area is 182 Å². The summed E-state index contributed by atoms with van der Waals surface area (Å²) in [5.41, 5.74) is 1.00. The largest absolute Gasteiger partial charge is 0.497 e. The second-order valence-corrected chi connectivity index (χ2v) is 8.77. The molecule has 4 rings (SSSR count). The Balaban J connectivity index is 1.33. The minimum absolute atomic E-state index is 0.000413. The van der Waals surface area contributed by atoms with Crippen LogP contribution in [-0.4, -0.2) is 62.1 Å². The predicted molar refractivity (Wildman–Crippen MR) is 113 cm³/mol. The monoisotopic (exact) mass is 429 g/mol. The second-order valence-electron chi connectivity index (χ2n) is 8.77. The van der Waals surface area contributed by atoms with E-state index in [0.717, 1.165) is 11.3 Å². The summed E-state index contributed by atoms with van der Waals surface area (Å²) in [6.07, 6.45) is 2.71. The first-order valence-electron chi connectivity index (χ1n) is 11.1. The molecule has 1 saturated carbocycles. The molecule has 8 nitrogen and oxygen atoms in total. The molecule has 0 radical (unpaired) electrons. The molecule has 2 saturated heterocycles. The first-order chi connectivity index (χ1) is 15.0. The molecule has 1 aromatic carbocycles. The Morgan fingerprint density at radius 3 is 2.61 bits per heavy atom. The quantitative estimate of drug-likeness (QED) is 0.731. The van der Waals surface area contributed by atoms with Crippen molar-refractivity contribution < 1.29 is 23.9 Å². The number of hydrogen-bond acceptors (Lipinski definition) is 5. The summed E-state index contributed by atoms with van der Waals surface area (Å²) in [6.45, 7) is 2.28. The Kier molecular flexibility index (Phi) is 6.75. The van der Waals surface area contributed by atoms with E-state index in [1.165, 1.54) is 0 Å². The number of fused-ring (bicyclic) bond motifs is 1. The van der Waals surface area contributed by atoms with Gasteiger partial charge >= 0.3 is 0 Å². The van der Waals surface area contributed by atoms with Crippen molar-refractivity contribution in [3.63, 3.8) is 0 Å². The summed E-state index contributed by atoms with van der Waals surface area (Å²) in [7, 11) is 1.62. The molecular formula is C23H31N3O5. The Hall–Kier alpha value is -2.61. The van der Waals surface area contributed by atoms with E-state index in [1.54, 1.807) is 12.0 Å². The van der Waals surface area contributed by atoms with E-state index in [-0.39, 0.29) is 48.1 Å². The zero-order valence-corrected chi connectivity index (χ0v) is 18.0. The summed E-state index contributed by atoms with van der Waals surface area (Å²) in [5.74, 6) is 0.572. The van der Waals surface area contributed by atoms with Crippen LogP contribution in [0.1, 0.15) is 31.2 Å². The molecule has 0 aromatic heterocycles. The molecule has 2 aliphatic heterocycles. The molecule has 1 aliphatic carbocycles. The molecule has 0 bridgehead atoms. The Morgan fingerprint density at radius 2 is 1.90 bits per heavy atom. The van der Waals surface area contributed by atoms with Gasteiger partial charge in [-0.25, -0.2) is 0 Å². The van der Waals surface area contributed by atoms with Crippen LogP contribution < -0.4 is 15.4 Å². The zero-order chi connectivity index (χ0) is 21.8. The Morgan fingerprint density at radius 1 is 1.16 bits per heavy atom. The average Bonchev–Trinajstić information content (AvgIpc) is 3.12. The molecule has 1 aromatic rings. The van der Waals surface area contributed by atoms with E-state index in [9.17, 15) is 14.4 Å². The smallest absolute Gasteiger partial charge is 0.239 e. The first-order valence-corrected chi connectivity index (χ1v) is 11.1. The number of amides is 3. The van der Waals surface area contributed by atoms with Crippen molar-refractivity contribution in [3.05, 3.63) is 29.8 Å². The van der Waals surface area contributed by atoms with E-state index in [4.69, 9.17) is 9.47 Å². The lowest BCUT2D eigenvalue weighted by molar-refractivity contribution is -0.141. The van der Waals surface area contributed by atoms with Gasteiger partial charge in [0.05, 0.1) is 13.7 Å². The van der Waals surface area contributed by atoms with Crippen molar-refractivity contribution in [1.82, 2.24) is 15.5 Å². The molecule has 2 heterocycles. The standard InChI is InChI=1S/C23H31N3O5/c1-30-19-4-2-15(3-5-19)12-24-22(28)17-10-18-13-26(14-21(27)25-20(18)11-17)23(29)16-6-8-31-9-7-16/h2-5,16-18,20H,6-14H2,1H3,(H,24,28)(H,25,27)/t17-,18+,20+/m0/s1. The van der Waals surface area contributed by atoms with Gasteiger partial charge in [-0.3, -0.25) is 14.4 Å². The summed E-state index contributed by atoms with van der Waals surface area (Å²) < 4.78 is 10.5. The number of carbonyl (C=O) groups excluding carboxylic acids is 3. The highest BCUT2D eigenvalue weighted by Gasteiger charge is 2.42. The lowest BCUT2D eigenvalue weighted by Crippen LogP contribution is -2.43. The summed E-state index contributed by atoms with van der Waals surface area (Å²) in [6, 6.07) is 7.54. The highest BCUT2D eigenvalue weighted by atomic mass is 16.5. The normalized spacial score (nSPS) is 26.5. The maximum atomic E-state index is 13.0. The van der Waals surface area contributed by atoms with Gasteiger partial charge in [-0.2, -0.15) is 0 Å². The maximum Gasteiger partial charge on any atom is 0.239 e. The van der Waals surface area contributed by atoms with E-state index in [1.807, 2.05) is 24.3 Å². The molecule has 3 amide bonds. The van der Waals surface area contributed by atoms with Gasteiger partial charge in [0.25, 0.3) is 0 Å². The molecule has 0 unspecified atom stereocenters. The van der Waals surface area contributed by atoms with Crippen LogP contribution >= 0.6 is 0 Å². The van der Waals surface area contributed by atoms with Gasteiger partial charge in [0.2, 0.25) is 17.7 Å². The third kappa shape index (κ3) is 5.18. The molecule has 0 spiro atoms. The number of hydrogen-bond donors (Lipinski definition) is 2. The van der Waals surface area contributed by atoms with Crippen LogP contribution in [0.2, 0.25) is 0 Å². The van der Waals surface area contributed by atoms with Crippen LogP contribution in [0.5, 0.6) is 5.75 Å². The minimum atomic E-state index is -0.160. The van der Waals surface area contributed by atoms with Crippen molar-refractivity contribution >= 4 is 17.7 Å². The first kappa shape index (κ1) is 21.6. The highest BCUT2D eigenvalue weighted by molar-refractivity contribution is 5.87. The molecule has 3 fully saturated rings. The fourth-order valence-corrected chi connectivity index (χ4v) is 4.94. The molecule has 2 N–H and O–H groups in total. The lowest BCUT2D eigenvalue weighted by atomic mass is 9.97. The molecule has 8 heteroatoms. The van der Waals surface area contributed by atoms with Gasteiger partial charge in [0.1, 0.15) is 5.75 Å². The van der Waals surface area contributed by atoms with Crippen LogP contribution in [0.3, 0.4) is 0 Å². The zero-order valence-electron chi connectivity index (χ0n) is 18.0. The van der Waals surface area contributed by atoms with Crippen LogP contribution in [0.15, 0.2) is 24.3 Å². The van der Waals surface area contributed by atoms with Crippen LogP contribution in [0.25, 0.3) is 0 Å². The Bertz CT molecular complexity index is 806. The van der Waals surface area contributed by atoms with Crippen molar-refractivity contribution in [2.24, 2.45) is 17.8 Å². The van der Waals surface area contributed by atoms with Crippen molar-refractivity contribution in [2.45, 2.75) is 38.3 Å². The number of nitrogens with zero attached hydrogens (tertiary/aromatic N) is 1. The number of ether oxygens (including phenoxy) is 2. The van der Waals surface area contributed by atoms with Crippen LogP contribution in [-0.2, 0) is 25.7 Å². The number of nitrogens with one attached hydrogen (secondary N) is 2. The topological polar surface area (TPSA) is 97.0 Å². The van der Waals surface area contributed by atoms with Crippen molar-refractivity contribution in [3.8, 4) is 5.75 Å². The van der Waals surface area contributed by atoms with E-state index in [0.29, 0.717) is 52.0 Å². The number of benzene rings is 1. The van der Waals surface area contributed by atoms with Crippen LogP contribution in [0.4, 0.5) is 0 Å². The van der Waals surface area contributed by atoms with Gasteiger partial charge in [0, 0.05) is 44.2 Å². The fourth-order valence-electron chi connectivity index (χ4n) is 4.94. The van der Waals surface area contributed by atoms with E-state index in [2.05, 4.69) is 10.6 Å². The lowest BCUT2D eigenvalue weighted by Gasteiger charge is -2.29. The van der Waals surface area contributed by atoms with Crippen LogP contribution in [0, 0.1) is 17.8 Å². The summed E-state index contributed by atoms with van der Waals surface area (Å²) in [5, 5.41) is 6.06. The highest BCUT2D eigenvalue weighted by Crippen LogP contribution is 2.34. The third-order valence-electron chi connectivity index (χ3n) is 6.71. The second kappa shape index (κ2) is 9.68. The molecule has 168 valence electrons. The summed E-state index contributed by atoms with van der Waals surface area (Å²) >= 11 is 0.